The average molecular weight is 347 g/mol. The van der Waals surface area contributed by atoms with E-state index in [1.54, 1.807) is 18.2 Å². The minimum absolute atomic E-state index is 0.0185. The molecular formula is C18H23ClN4O. The Kier molecular flexibility index (Phi) is 5.56. The highest BCUT2D eigenvalue weighted by molar-refractivity contribution is 6.33. The largest absolute Gasteiger partial charge is 0.353 e. The molecule has 1 unspecified atom stereocenters. The molecule has 1 fully saturated rings. The van der Waals surface area contributed by atoms with Crippen molar-refractivity contribution in [3.63, 3.8) is 0 Å². The molecule has 1 saturated heterocycles. The van der Waals surface area contributed by atoms with Gasteiger partial charge < -0.3 is 15.5 Å². The van der Waals surface area contributed by atoms with Crippen LogP contribution in [0.15, 0.2) is 48.3 Å². The van der Waals surface area contributed by atoms with Crippen LogP contribution in [0.2, 0.25) is 5.02 Å². The minimum Gasteiger partial charge on any atom is -0.353 e. The summed E-state index contributed by atoms with van der Waals surface area (Å²) in [6.45, 7) is 2.22. The molecule has 1 aromatic rings. The number of nitrogens with one attached hydrogen (secondary N) is 3. The van der Waals surface area contributed by atoms with Crippen LogP contribution >= 0.6 is 11.6 Å². The third kappa shape index (κ3) is 4.38. The van der Waals surface area contributed by atoms with Crippen molar-refractivity contribution in [2.24, 2.45) is 0 Å². The summed E-state index contributed by atoms with van der Waals surface area (Å²) in [7, 11) is 2.15. The SMILES string of the molecule is CN1CCC(NC2C=CC=C(NC(=O)c3ccccc3Cl)N2)CC1. The van der Waals surface area contributed by atoms with Gasteiger partial charge in [0, 0.05) is 6.04 Å². The first-order valence-corrected chi connectivity index (χ1v) is 8.65. The Morgan fingerprint density at radius 1 is 1.29 bits per heavy atom. The van der Waals surface area contributed by atoms with E-state index in [0.717, 1.165) is 25.9 Å². The molecule has 6 heteroatoms. The molecule has 5 nitrogen and oxygen atoms in total. The molecule has 1 atom stereocenters. The van der Waals surface area contributed by atoms with Gasteiger partial charge in [-0.15, -0.1) is 0 Å². The number of carbonyl (C=O) groups excluding carboxylic acids is 1. The monoisotopic (exact) mass is 346 g/mol. The predicted octanol–water partition coefficient (Wildman–Crippen LogP) is 2.08. The van der Waals surface area contributed by atoms with E-state index in [2.05, 4.69) is 34.0 Å². The number of piperidine rings is 1. The highest BCUT2D eigenvalue weighted by Crippen LogP contribution is 2.15. The maximum absolute atomic E-state index is 12.3. The number of allylic oxidation sites excluding steroid dienone is 2. The normalized spacial score (nSPS) is 21.9. The van der Waals surface area contributed by atoms with Crippen molar-refractivity contribution in [1.29, 1.82) is 0 Å². The molecule has 1 amide bonds. The van der Waals surface area contributed by atoms with E-state index in [4.69, 9.17) is 11.6 Å². The van der Waals surface area contributed by atoms with Crippen molar-refractivity contribution in [2.45, 2.75) is 25.0 Å². The van der Waals surface area contributed by atoms with E-state index >= 15 is 0 Å². The van der Waals surface area contributed by atoms with E-state index in [9.17, 15) is 4.79 Å². The summed E-state index contributed by atoms with van der Waals surface area (Å²) in [5.74, 6) is 0.459. The zero-order valence-corrected chi connectivity index (χ0v) is 14.5. The van der Waals surface area contributed by atoms with Crippen LogP contribution < -0.4 is 16.0 Å². The molecule has 2 aliphatic rings. The van der Waals surface area contributed by atoms with E-state index in [0.29, 0.717) is 22.4 Å². The fourth-order valence-electron chi connectivity index (χ4n) is 2.97. The van der Waals surface area contributed by atoms with Crippen LogP contribution in [0.25, 0.3) is 0 Å². The number of benzene rings is 1. The van der Waals surface area contributed by atoms with Gasteiger partial charge in [0.1, 0.15) is 5.82 Å². The Hall–Kier alpha value is -1.82. The van der Waals surface area contributed by atoms with E-state index in [1.165, 1.54) is 0 Å². The van der Waals surface area contributed by atoms with Crippen LogP contribution in [0.3, 0.4) is 0 Å². The predicted molar refractivity (Wildman–Crippen MR) is 96.7 cm³/mol. The van der Waals surface area contributed by atoms with Crippen LogP contribution in [0.5, 0.6) is 0 Å². The third-order valence-electron chi connectivity index (χ3n) is 4.38. The van der Waals surface area contributed by atoms with Crippen molar-refractivity contribution in [1.82, 2.24) is 20.9 Å². The summed E-state index contributed by atoms with van der Waals surface area (Å²) < 4.78 is 0. The molecule has 128 valence electrons. The molecule has 2 aliphatic heterocycles. The van der Waals surface area contributed by atoms with Gasteiger partial charge in [0.05, 0.1) is 16.8 Å². The molecule has 24 heavy (non-hydrogen) atoms. The fraction of sp³-hybridized carbons (Fsp3) is 0.389. The van der Waals surface area contributed by atoms with Crippen molar-refractivity contribution < 1.29 is 4.79 Å². The number of hydrogen-bond acceptors (Lipinski definition) is 4. The van der Waals surface area contributed by atoms with E-state index in [1.807, 2.05) is 18.2 Å². The Morgan fingerprint density at radius 2 is 2.04 bits per heavy atom. The lowest BCUT2D eigenvalue weighted by molar-refractivity contribution is 0.0962. The lowest BCUT2D eigenvalue weighted by atomic mass is 10.1. The van der Waals surface area contributed by atoms with Gasteiger partial charge in [-0.25, -0.2) is 0 Å². The van der Waals surface area contributed by atoms with Gasteiger partial charge in [0.15, 0.2) is 0 Å². The molecule has 1 aromatic carbocycles. The van der Waals surface area contributed by atoms with Crippen molar-refractivity contribution in [2.75, 3.05) is 20.1 Å². The minimum atomic E-state index is -0.215. The second-order valence-electron chi connectivity index (χ2n) is 6.27. The average Bonchev–Trinajstić information content (AvgIpc) is 2.58. The first-order chi connectivity index (χ1) is 11.6. The second-order valence-corrected chi connectivity index (χ2v) is 6.67. The summed E-state index contributed by atoms with van der Waals surface area (Å²) in [6.07, 6.45) is 8.14. The maximum Gasteiger partial charge on any atom is 0.258 e. The Balaban J connectivity index is 1.54. The lowest BCUT2D eigenvalue weighted by Crippen LogP contribution is -2.52. The van der Waals surface area contributed by atoms with Gasteiger partial charge in [-0.3, -0.25) is 10.1 Å². The topological polar surface area (TPSA) is 56.4 Å². The molecule has 0 saturated carbocycles. The Morgan fingerprint density at radius 3 is 2.79 bits per heavy atom. The van der Waals surface area contributed by atoms with E-state index < -0.39 is 0 Å². The number of likely N-dealkylation sites (tertiary alicyclic amines) is 1. The smallest absolute Gasteiger partial charge is 0.258 e. The fourth-order valence-corrected chi connectivity index (χ4v) is 3.19. The summed E-state index contributed by atoms with van der Waals surface area (Å²) in [4.78, 5) is 14.7. The van der Waals surface area contributed by atoms with Gasteiger partial charge in [0.2, 0.25) is 0 Å². The summed E-state index contributed by atoms with van der Waals surface area (Å²) in [5.41, 5.74) is 0.469. The number of carbonyl (C=O) groups is 1. The number of amides is 1. The van der Waals surface area contributed by atoms with Gasteiger partial charge >= 0.3 is 0 Å². The van der Waals surface area contributed by atoms with Gasteiger partial charge in [-0.2, -0.15) is 0 Å². The highest BCUT2D eigenvalue weighted by atomic mass is 35.5. The van der Waals surface area contributed by atoms with Gasteiger partial charge in [0.25, 0.3) is 5.91 Å². The molecule has 3 rings (SSSR count). The number of hydrogen-bond donors (Lipinski definition) is 3. The zero-order chi connectivity index (χ0) is 16.9. The van der Waals surface area contributed by atoms with E-state index in [-0.39, 0.29) is 12.1 Å². The lowest BCUT2D eigenvalue weighted by Gasteiger charge is -2.33. The number of halogens is 1. The zero-order valence-electron chi connectivity index (χ0n) is 13.8. The Labute approximate surface area is 147 Å². The van der Waals surface area contributed by atoms with Crippen molar-refractivity contribution in [3.8, 4) is 0 Å². The van der Waals surface area contributed by atoms with Crippen LogP contribution in [-0.2, 0) is 0 Å². The first-order valence-electron chi connectivity index (χ1n) is 8.27. The third-order valence-corrected chi connectivity index (χ3v) is 4.71. The van der Waals surface area contributed by atoms with Gasteiger partial charge in [-0.1, -0.05) is 29.8 Å². The molecule has 0 radical (unpaired) electrons. The Bertz CT molecular complexity index is 650. The molecule has 0 aliphatic carbocycles. The van der Waals surface area contributed by atoms with Crippen molar-refractivity contribution in [3.05, 3.63) is 58.9 Å². The molecule has 3 N–H and O–H groups in total. The number of nitrogens with zero attached hydrogens (tertiary/aromatic N) is 1. The highest BCUT2D eigenvalue weighted by Gasteiger charge is 2.20. The summed E-state index contributed by atoms with van der Waals surface area (Å²) in [6, 6.07) is 7.52. The number of rotatable bonds is 4. The molecular weight excluding hydrogens is 324 g/mol. The van der Waals surface area contributed by atoms with Crippen LogP contribution in [0.1, 0.15) is 23.2 Å². The van der Waals surface area contributed by atoms with Crippen molar-refractivity contribution >= 4 is 17.5 Å². The maximum atomic E-state index is 12.3. The quantitative estimate of drug-likeness (QED) is 0.781. The van der Waals surface area contributed by atoms with Gasteiger partial charge in [-0.05, 0) is 57.3 Å². The first kappa shape index (κ1) is 17.0. The molecule has 0 spiro atoms. The molecule has 0 bridgehead atoms. The number of dihydropyridines is 1. The summed E-state index contributed by atoms with van der Waals surface area (Å²) in [5, 5.41) is 10.2. The molecule has 0 aromatic heterocycles. The standard InChI is InChI=1S/C18H23ClN4O/c1-23-11-9-13(10-12-23)20-16-7-4-8-17(21-16)22-18(24)14-5-2-3-6-15(14)19/h2-8,13,16,20-21H,9-12H2,1H3,(H,22,24). The molecule has 2 heterocycles. The summed E-state index contributed by atoms with van der Waals surface area (Å²) >= 11 is 6.08. The van der Waals surface area contributed by atoms with Crippen LogP contribution in [-0.4, -0.2) is 43.2 Å². The van der Waals surface area contributed by atoms with Crippen LogP contribution in [0.4, 0.5) is 0 Å². The van der Waals surface area contributed by atoms with Crippen LogP contribution in [0, 0.1) is 0 Å². The second kappa shape index (κ2) is 7.83.